The van der Waals surface area contributed by atoms with Gasteiger partial charge in [-0.15, -0.1) is 0 Å². The number of carboxylic acid groups (broad SMARTS) is 1. The Labute approximate surface area is 185 Å². The fourth-order valence-electron chi connectivity index (χ4n) is 3.32. The summed E-state index contributed by atoms with van der Waals surface area (Å²) in [4.78, 5) is 23.8. The Kier molecular flexibility index (Phi) is 6.77. The van der Waals surface area contributed by atoms with Crippen molar-refractivity contribution in [3.63, 3.8) is 0 Å². The molecule has 0 bridgehead atoms. The van der Waals surface area contributed by atoms with Gasteiger partial charge in [0.15, 0.2) is 11.5 Å². The Morgan fingerprint density at radius 2 is 1.74 bits per heavy atom. The first-order valence-electron chi connectivity index (χ1n) is 9.23. The number of methoxy groups -OCH3 is 2. The van der Waals surface area contributed by atoms with E-state index in [1.165, 1.54) is 56.7 Å². The van der Waals surface area contributed by atoms with Crippen molar-refractivity contribution in [2.45, 2.75) is 22.6 Å². The lowest BCUT2D eigenvalue weighted by Gasteiger charge is -2.23. The maximum Gasteiger partial charge on any atom is 0.335 e. The van der Waals surface area contributed by atoms with E-state index < -0.39 is 27.9 Å². The molecule has 2 aromatic carbocycles. The zero-order valence-corrected chi connectivity index (χ0v) is 18.5. The van der Waals surface area contributed by atoms with Crippen molar-refractivity contribution in [2.75, 3.05) is 26.1 Å². The molecular weight excluding hydrogens is 444 g/mol. The zero-order chi connectivity index (χ0) is 22.8. The number of hydrogen-bond acceptors (Lipinski definition) is 7. The van der Waals surface area contributed by atoms with Gasteiger partial charge in [-0.3, -0.25) is 4.79 Å². The van der Waals surface area contributed by atoms with Crippen molar-refractivity contribution in [3.8, 4) is 11.5 Å². The van der Waals surface area contributed by atoms with Gasteiger partial charge in [0, 0.05) is 23.5 Å². The number of nitrogens with one attached hydrogen (secondary N) is 1. The van der Waals surface area contributed by atoms with Gasteiger partial charge in [0.25, 0.3) is 0 Å². The molecule has 1 saturated heterocycles. The number of carboxylic acids is 1. The predicted octanol–water partition coefficient (Wildman–Crippen LogP) is 2.10. The minimum absolute atomic E-state index is 0.0313. The third-order valence-electron chi connectivity index (χ3n) is 4.90. The van der Waals surface area contributed by atoms with E-state index in [0.717, 1.165) is 4.31 Å². The molecule has 1 fully saturated rings. The lowest BCUT2D eigenvalue weighted by Crippen LogP contribution is -2.43. The van der Waals surface area contributed by atoms with Crippen LogP contribution >= 0.6 is 12.6 Å². The molecule has 1 amide bonds. The predicted molar refractivity (Wildman–Crippen MR) is 117 cm³/mol. The molecule has 2 atom stereocenters. The molecule has 11 heteroatoms. The van der Waals surface area contributed by atoms with E-state index >= 15 is 0 Å². The van der Waals surface area contributed by atoms with Crippen molar-refractivity contribution < 1.29 is 32.6 Å². The number of carbonyl (C=O) groups is 2. The number of carbonyl (C=O) groups excluding carboxylic acids is 1. The molecule has 1 aliphatic heterocycles. The fraction of sp³-hybridized carbons (Fsp3) is 0.300. The highest BCUT2D eigenvalue weighted by molar-refractivity contribution is 7.89. The standard InChI is InChI=1S/C20H22N2O7S2/c1-28-17-8-7-15(10-18(17)29-2)31(26,27)22-11-14(30)9-16(22)19(23)21-13-5-3-12(4-6-13)20(24)25/h3-8,10,14,16,30H,9,11H2,1-2H3,(H,21,23)(H,24,25). The molecule has 2 N–H and O–H groups in total. The van der Waals surface area contributed by atoms with Crippen LogP contribution in [0.4, 0.5) is 5.69 Å². The topological polar surface area (TPSA) is 122 Å². The lowest BCUT2D eigenvalue weighted by atomic mass is 10.2. The number of thiol groups is 1. The van der Waals surface area contributed by atoms with Crippen molar-refractivity contribution in [1.82, 2.24) is 4.31 Å². The minimum atomic E-state index is -4.02. The lowest BCUT2D eigenvalue weighted by molar-refractivity contribution is -0.119. The van der Waals surface area contributed by atoms with E-state index in [9.17, 15) is 18.0 Å². The first-order valence-corrected chi connectivity index (χ1v) is 11.2. The van der Waals surface area contributed by atoms with Crippen molar-refractivity contribution in [3.05, 3.63) is 48.0 Å². The second-order valence-corrected chi connectivity index (χ2v) is 9.49. The molecule has 0 aromatic heterocycles. The molecular formula is C20H22N2O7S2. The average molecular weight is 467 g/mol. The largest absolute Gasteiger partial charge is 0.493 e. The van der Waals surface area contributed by atoms with Crippen LogP contribution in [0.1, 0.15) is 16.8 Å². The maximum absolute atomic E-state index is 13.3. The second kappa shape index (κ2) is 9.16. The Hall–Kier alpha value is -2.76. The molecule has 2 unspecified atom stereocenters. The molecule has 1 heterocycles. The highest BCUT2D eigenvalue weighted by Gasteiger charge is 2.43. The summed E-state index contributed by atoms with van der Waals surface area (Å²) in [5.41, 5.74) is 0.438. The normalized spacial score (nSPS) is 19.1. The highest BCUT2D eigenvalue weighted by atomic mass is 32.2. The van der Waals surface area contributed by atoms with Crippen molar-refractivity contribution >= 4 is 40.2 Å². The van der Waals surface area contributed by atoms with Gasteiger partial charge < -0.3 is 19.9 Å². The minimum Gasteiger partial charge on any atom is -0.493 e. The number of benzene rings is 2. The molecule has 0 saturated carbocycles. The summed E-state index contributed by atoms with van der Waals surface area (Å²) >= 11 is 4.39. The smallest absolute Gasteiger partial charge is 0.335 e. The van der Waals surface area contributed by atoms with E-state index in [1.807, 2.05) is 0 Å². The van der Waals surface area contributed by atoms with Gasteiger partial charge in [0.05, 0.1) is 24.7 Å². The first-order chi connectivity index (χ1) is 14.7. The Morgan fingerprint density at radius 3 is 2.32 bits per heavy atom. The third-order valence-corrected chi connectivity index (χ3v) is 7.14. The van der Waals surface area contributed by atoms with E-state index in [4.69, 9.17) is 14.6 Å². The number of hydrogen-bond donors (Lipinski definition) is 3. The summed E-state index contributed by atoms with van der Waals surface area (Å²) in [6.45, 7) is 0.0653. The summed E-state index contributed by atoms with van der Waals surface area (Å²) < 4.78 is 38.0. The monoisotopic (exact) mass is 466 g/mol. The van der Waals surface area contributed by atoms with Crippen LogP contribution in [-0.2, 0) is 14.8 Å². The number of anilines is 1. The quantitative estimate of drug-likeness (QED) is 0.534. The van der Waals surface area contributed by atoms with Gasteiger partial charge in [-0.2, -0.15) is 16.9 Å². The summed E-state index contributed by atoms with van der Waals surface area (Å²) in [5.74, 6) is -0.971. The van der Waals surface area contributed by atoms with Crippen LogP contribution in [-0.4, -0.2) is 61.8 Å². The van der Waals surface area contributed by atoms with Gasteiger partial charge in [-0.1, -0.05) is 0 Å². The third kappa shape index (κ3) is 4.78. The molecule has 9 nitrogen and oxygen atoms in total. The van der Waals surface area contributed by atoms with Crippen LogP contribution in [0.2, 0.25) is 0 Å². The van der Waals surface area contributed by atoms with Crippen molar-refractivity contribution in [2.24, 2.45) is 0 Å². The van der Waals surface area contributed by atoms with Gasteiger partial charge >= 0.3 is 5.97 Å². The molecule has 2 aromatic rings. The molecule has 1 aliphatic rings. The molecule has 0 spiro atoms. The average Bonchev–Trinajstić information content (AvgIpc) is 3.16. The number of sulfonamides is 1. The SMILES string of the molecule is COc1ccc(S(=O)(=O)N2CC(S)CC2C(=O)Nc2ccc(C(=O)O)cc2)cc1OC. The molecule has 166 valence electrons. The van der Waals surface area contributed by atoms with Crippen LogP contribution in [0.3, 0.4) is 0 Å². The highest BCUT2D eigenvalue weighted by Crippen LogP contribution is 2.34. The molecule has 31 heavy (non-hydrogen) atoms. The van der Waals surface area contributed by atoms with E-state index in [1.54, 1.807) is 0 Å². The molecule has 3 rings (SSSR count). The number of aromatic carboxylic acids is 1. The summed E-state index contributed by atoms with van der Waals surface area (Å²) in [6.07, 6.45) is 0.231. The summed E-state index contributed by atoms with van der Waals surface area (Å²) in [6, 6.07) is 8.85. The van der Waals surface area contributed by atoms with Gasteiger partial charge in [0.2, 0.25) is 15.9 Å². The van der Waals surface area contributed by atoms with Crippen LogP contribution in [0.15, 0.2) is 47.4 Å². The van der Waals surface area contributed by atoms with Crippen LogP contribution in [0.5, 0.6) is 11.5 Å². The van der Waals surface area contributed by atoms with Gasteiger partial charge in [-0.05, 0) is 42.8 Å². The van der Waals surface area contributed by atoms with Crippen LogP contribution < -0.4 is 14.8 Å². The zero-order valence-electron chi connectivity index (χ0n) is 16.8. The summed E-state index contributed by atoms with van der Waals surface area (Å²) in [5, 5.41) is 11.3. The Balaban J connectivity index is 1.86. The van der Waals surface area contributed by atoms with E-state index in [2.05, 4.69) is 17.9 Å². The molecule has 0 radical (unpaired) electrons. The van der Waals surface area contributed by atoms with Crippen LogP contribution in [0.25, 0.3) is 0 Å². The van der Waals surface area contributed by atoms with Gasteiger partial charge in [-0.25, -0.2) is 13.2 Å². The number of amides is 1. The summed E-state index contributed by atoms with van der Waals surface area (Å²) in [7, 11) is -1.17. The van der Waals surface area contributed by atoms with Crippen molar-refractivity contribution in [1.29, 1.82) is 0 Å². The van der Waals surface area contributed by atoms with E-state index in [0.29, 0.717) is 11.4 Å². The number of rotatable bonds is 7. The van der Waals surface area contributed by atoms with E-state index in [-0.39, 0.29) is 34.4 Å². The van der Waals surface area contributed by atoms with Crippen LogP contribution in [0, 0.1) is 0 Å². The number of nitrogens with zero attached hydrogens (tertiary/aromatic N) is 1. The Morgan fingerprint density at radius 1 is 1.10 bits per heavy atom. The fourth-order valence-corrected chi connectivity index (χ4v) is 5.47. The first kappa shape index (κ1) is 22.9. The Bertz CT molecular complexity index is 1090. The molecule has 0 aliphatic carbocycles. The maximum atomic E-state index is 13.3. The second-order valence-electron chi connectivity index (χ2n) is 6.87. The number of ether oxygens (including phenoxy) is 2. The van der Waals surface area contributed by atoms with Gasteiger partial charge in [0.1, 0.15) is 6.04 Å².